The van der Waals surface area contributed by atoms with Crippen molar-refractivity contribution in [2.24, 2.45) is 5.10 Å². The molecule has 1 amide bonds. The summed E-state index contributed by atoms with van der Waals surface area (Å²) in [6, 6.07) is 19.5. The van der Waals surface area contributed by atoms with E-state index in [0.29, 0.717) is 64.9 Å². The van der Waals surface area contributed by atoms with Crippen LogP contribution in [0.5, 0.6) is 11.5 Å². The molecule has 6 rings (SSSR count). The number of para-hydroxylation sites is 2. The Hall–Kier alpha value is -4.67. The van der Waals surface area contributed by atoms with Gasteiger partial charge >= 0.3 is 0 Å². The van der Waals surface area contributed by atoms with Gasteiger partial charge < -0.3 is 23.5 Å². The van der Waals surface area contributed by atoms with E-state index in [9.17, 15) is 9.59 Å². The summed E-state index contributed by atoms with van der Waals surface area (Å²) in [6.07, 6.45) is 1.42. The molecule has 208 valence electrons. The normalized spacial score (nSPS) is 13.8. The first kappa shape index (κ1) is 26.5. The Labute approximate surface area is 239 Å². The summed E-state index contributed by atoms with van der Waals surface area (Å²) in [5, 5.41) is 6.13. The fourth-order valence-corrected chi connectivity index (χ4v) is 4.85. The van der Waals surface area contributed by atoms with E-state index in [0.717, 1.165) is 5.39 Å². The van der Waals surface area contributed by atoms with Gasteiger partial charge in [0.2, 0.25) is 5.82 Å². The van der Waals surface area contributed by atoms with Crippen molar-refractivity contribution in [3.05, 3.63) is 87.7 Å². The number of hydrogen-bond acceptors (Lipinski definition) is 8. The van der Waals surface area contributed by atoms with Crippen LogP contribution in [0.25, 0.3) is 33.5 Å². The number of carbonyl (C=O) groups is 1. The third-order valence-corrected chi connectivity index (χ3v) is 6.90. The molecule has 3 heterocycles. The first-order valence-electron chi connectivity index (χ1n) is 12.9. The van der Waals surface area contributed by atoms with Gasteiger partial charge in [0.1, 0.15) is 5.58 Å². The lowest BCUT2D eigenvalue weighted by atomic mass is 10.2. The molecule has 0 saturated carbocycles. The summed E-state index contributed by atoms with van der Waals surface area (Å²) in [6.45, 7) is 1.74. The van der Waals surface area contributed by atoms with Crippen molar-refractivity contribution in [3.8, 4) is 23.1 Å². The molecule has 0 unspecified atom stereocenters. The molecule has 0 aliphatic carbocycles. The van der Waals surface area contributed by atoms with Gasteiger partial charge in [0.05, 0.1) is 37.4 Å². The van der Waals surface area contributed by atoms with Crippen molar-refractivity contribution < 1.29 is 23.4 Å². The largest absolute Gasteiger partial charge is 0.493 e. The molecule has 0 bridgehead atoms. The van der Waals surface area contributed by atoms with E-state index in [-0.39, 0.29) is 29.6 Å². The minimum atomic E-state index is -0.388. The van der Waals surface area contributed by atoms with Gasteiger partial charge in [0, 0.05) is 35.1 Å². The Morgan fingerprint density at radius 3 is 2.68 bits per heavy atom. The number of morpholine rings is 1. The maximum Gasteiger partial charge on any atom is 0.282 e. The van der Waals surface area contributed by atoms with Crippen LogP contribution in [-0.4, -0.2) is 66.7 Å². The maximum absolute atomic E-state index is 13.6. The molecule has 0 atom stereocenters. The highest BCUT2D eigenvalue weighted by molar-refractivity contribution is 6.31. The average Bonchev–Trinajstić information content (AvgIpc) is 3.44. The first-order valence-corrected chi connectivity index (χ1v) is 13.3. The highest BCUT2D eigenvalue weighted by Crippen LogP contribution is 2.34. The fraction of sp³-hybridized carbons (Fsp3) is 0.200. The lowest BCUT2D eigenvalue weighted by Gasteiger charge is -2.27. The van der Waals surface area contributed by atoms with E-state index in [2.05, 4.69) is 5.10 Å². The van der Waals surface area contributed by atoms with Crippen LogP contribution in [-0.2, 0) is 9.53 Å². The number of carbonyl (C=O) groups excluding carboxylic acids is 1. The lowest BCUT2D eigenvalue weighted by molar-refractivity contribution is -0.137. The molecule has 41 heavy (non-hydrogen) atoms. The number of ether oxygens (including phenoxy) is 3. The lowest BCUT2D eigenvalue weighted by Crippen LogP contribution is -2.43. The van der Waals surface area contributed by atoms with Crippen LogP contribution in [0.4, 0.5) is 0 Å². The van der Waals surface area contributed by atoms with Gasteiger partial charge in [-0.1, -0.05) is 41.9 Å². The van der Waals surface area contributed by atoms with E-state index in [1.807, 2.05) is 36.4 Å². The van der Waals surface area contributed by atoms with Crippen molar-refractivity contribution in [1.82, 2.24) is 14.6 Å². The summed E-state index contributed by atoms with van der Waals surface area (Å²) < 4.78 is 24.0. The smallest absolute Gasteiger partial charge is 0.282 e. The number of rotatable bonds is 7. The van der Waals surface area contributed by atoms with Gasteiger partial charge in [-0.3, -0.25) is 9.59 Å². The Balaban J connectivity index is 1.42. The Morgan fingerprint density at radius 1 is 1.10 bits per heavy atom. The van der Waals surface area contributed by atoms with Crippen LogP contribution in [0, 0.1) is 0 Å². The molecule has 1 aliphatic rings. The predicted octanol–water partition coefficient (Wildman–Crippen LogP) is 4.59. The van der Waals surface area contributed by atoms with Gasteiger partial charge in [-0.2, -0.15) is 9.78 Å². The molecule has 3 aromatic carbocycles. The Kier molecular flexibility index (Phi) is 7.41. The molecule has 2 aromatic heterocycles. The quantitative estimate of drug-likeness (QED) is 0.262. The van der Waals surface area contributed by atoms with Gasteiger partial charge in [-0.15, -0.1) is 0 Å². The van der Waals surface area contributed by atoms with Gasteiger partial charge in [0.15, 0.2) is 23.9 Å². The van der Waals surface area contributed by atoms with Gasteiger partial charge in [0.25, 0.3) is 11.5 Å². The van der Waals surface area contributed by atoms with Crippen LogP contribution in [0.15, 0.2) is 81.0 Å². The van der Waals surface area contributed by atoms with Crippen molar-refractivity contribution in [2.45, 2.75) is 0 Å². The first-order chi connectivity index (χ1) is 20.0. The summed E-state index contributed by atoms with van der Waals surface area (Å²) >= 11 is 6.37. The zero-order valence-electron chi connectivity index (χ0n) is 22.1. The van der Waals surface area contributed by atoms with Crippen molar-refractivity contribution >= 4 is 45.6 Å². The fourth-order valence-electron chi connectivity index (χ4n) is 4.63. The maximum atomic E-state index is 13.6. The number of aromatic nitrogens is 2. The number of methoxy groups -OCH3 is 1. The molecule has 5 aromatic rings. The molecule has 11 heteroatoms. The number of fused-ring (bicyclic) bond motifs is 2. The predicted molar refractivity (Wildman–Crippen MR) is 155 cm³/mol. The van der Waals surface area contributed by atoms with Crippen LogP contribution in [0.1, 0.15) is 5.56 Å². The second-order valence-corrected chi connectivity index (χ2v) is 9.71. The Bertz CT molecular complexity index is 1810. The standard InChI is InChI=1S/C30H25ClN4O6/c1-38-25-16-21(31)14-20(28(25)40-18-27(36)34-10-12-39-13-11-34)17-32-35-29(26-15-19-6-2-5-9-24(19)41-26)33-23-8-4-3-7-22(23)30(35)37/h2-9,14-17H,10-13,18H2,1H3. The molecular weight excluding hydrogens is 548 g/mol. The zero-order valence-corrected chi connectivity index (χ0v) is 22.8. The molecule has 10 nitrogen and oxygen atoms in total. The van der Waals surface area contributed by atoms with Crippen molar-refractivity contribution in [1.29, 1.82) is 0 Å². The molecule has 0 spiro atoms. The summed E-state index contributed by atoms with van der Waals surface area (Å²) in [4.78, 5) is 32.8. The second-order valence-electron chi connectivity index (χ2n) is 9.27. The molecule has 1 aliphatic heterocycles. The number of hydrogen-bond donors (Lipinski definition) is 0. The molecular formula is C30H25ClN4O6. The molecule has 0 radical (unpaired) electrons. The summed E-state index contributed by atoms with van der Waals surface area (Å²) in [5.41, 5.74) is 1.18. The van der Waals surface area contributed by atoms with E-state index < -0.39 is 0 Å². The van der Waals surface area contributed by atoms with E-state index in [1.165, 1.54) is 18.0 Å². The molecule has 0 N–H and O–H groups in total. The third-order valence-electron chi connectivity index (χ3n) is 6.68. The minimum Gasteiger partial charge on any atom is -0.493 e. The number of benzene rings is 3. The monoisotopic (exact) mass is 572 g/mol. The number of amides is 1. The van der Waals surface area contributed by atoms with Crippen LogP contribution < -0.4 is 15.0 Å². The molecule has 1 saturated heterocycles. The topological polar surface area (TPSA) is 108 Å². The van der Waals surface area contributed by atoms with Gasteiger partial charge in [-0.05, 0) is 30.3 Å². The molecule has 1 fully saturated rings. The number of furan rings is 1. The van der Waals surface area contributed by atoms with Crippen LogP contribution in [0.3, 0.4) is 0 Å². The zero-order chi connectivity index (χ0) is 28.3. The van der Waals surface area contributed by atoms with Gasteiger partial charge in [-0.25, -0.2) is 4.98 Å². The summed E-state index contributed by atoms with van der Waals surface area (Å²) in [7, 11) is 1.47. The van der Waals surface area contributed by atoms with Crippen molar-refractivity contribution in [3.63, 3.8) is 0 Å². The second kappa shape index (κ2) is 11.4. The third kappa shape index (κ3) is 5.39. The SMILES string of the molecule is COc1cc(Cl)cc(C=Nn2c(-c3cc4ccccc4o3)nc3ccccc3c2=O)c1OCC(=O)N1CCOCC1. The minimum absolute atomic E-state index is 0.185. The highest BCUT2D eigenvalue weighted by atomic mass is 35.5. The average molecular weight is 573 g/mol. The number of halogens is 1. The van der Waals surface area contributed by atoms with E-state index in [1.54, 1.807) is 35.2 Å². The number of nitrogens with zero attached hydrogens (tertiary/aromatic N) is 4. The highest BCUT2D eigenvalue weighted by Gasteiger charge is 2.21. The van der Waals surface area contributed by atoms with E-state index in [4.69, 9.17) is 35.2 Å². The van der Waals surface area contributed by atoms with Crippen molar-refractivity contribution in [2.75, 3.05) is 40.0 Å². The van der Waals surface area contributed by atoms with Crippen LogP contribution in [0.2, 0.25) is 5.02 Å². The van der Waals surface area contributed by atoms with E-state index >= 15 is 0 Å². The Morgan fingerprint density at radius 2 is 1.88 bits per heavy atom. The summed E-state index contributed by atoms with van der Waals surface area (Å²) in [5.74, 6) is 0.988. The van der Waals surface area contributed by atoms with Crippen LogP contribution >= 0.6 is 11.6 Å².